The first-order valence-electron chi connectivity index (χ1n) is 6.88. The fourth-order valence-corrected chi connectivity index (χ4v) is 2.11. The summed E-state index contributed by atoms with van der Waals surface area (Å²) in [5.41, 5.74) is 2.92. The zero-order valence-corrected chi connectivity index (χ0v) is 12.2. The number of rotatable bonds is 5. The van der Waals surface area contributed by atoms with Crippen molar-refractivity contribution in [1.82, 2.24) is 29.9 Å². The van der Waals surface area contributed by atoms with Gasteiger partial charge >= 0.3 is 0 Å². The summed E-state index contributed by atoms with van der Waals surface area (Å²) in [4.78, 5) is 16.1. The predicted octanol–water partition coefficient (Wildman–Crippen LogP) is 0.995. The van der Waals surface area contributed by atoms with Gasteiger partial charge in [-0.2, -0.15) is 10.2 Å². The van der Waals surface area contributed by atoms with Crippen molar-refractivity contribution in [2.75, 3.05) is 0 Å². The number of carbonyl (C=O) groups is 1. The lowest BCUT2D eigenvalue weighted by Crippen LogP contribution is -2.27. The second-order valence-corrected chi connectivity index (χ2v) is 4.96. The number of aryl methyl sites for hydroxylation is 1. The smallest absolute Gasteiger partial charge is 0.241 e. The number of hydrogen-bond acceptors (Lipinski definition) is 4. The van der Waals surface area contributed by atoms with E-state index in [1.165, 1.54) is 0 Å². The molecule has 112 valence electrons. The van der Waals surface area contributed by atoms with Crippen molar-refractivity contribution in [2.45, 2.75) is 13.1 Å². The molecule has 0 spiro atoms. The summed E-state index contributed by atoms with van der Waals surface area (Å²) < 4.78 is 3.33. The first kappa shape index (κ1) is 14.0. The Bertz CT molecular complexity index is 762. The molecule has 1 N–H and O–H groups in total. The van der Waals surface area contributed by atoms with Crippen LogP contribution in [0, 0.1) is 0 Å². The van der Waals surface area contributed by atoms with Crippen LogP contribution in [0.15, 0.2) is 49.3 Å². The van der Waals surface area contributed by atoms with E-state index < -0.39 is 0 Å². The SMILES string of the molecule is Cn1cc(-c2cncc(CNC(=O)Cn3cccn3)c2)cn1. The molecule has 0 aliphatic rings. The number of carbonyl (C=O) groups excluding carboxylic acids is 1. The van der Waals surface area contributed by atoms with Crippen LogP contribution in [-0.2, 0) is 24.9 Å². The number of hydrogen-bond donors (Lipinski definition) is 1. The molecule has 0 bridgehead atoms. The lowest BCUT2D eigenvalue weighted by Gasteiger charge is -2.06. The highest BCUT2D eigenvalue weighted by Gasteiger charge is 2.05. The van der Waals surface area contributed by atoms with Gasteiger partial charge in [0.15, 0.2) is 0 Å². The van der Waals surface area contributed by atoms with Crippen LogP contribution in [0.2, 0.25) is 0 Å². The van der Waals surface area contributed by atoms with E-state index in [1.807, 2.05) is 19.3 Å². The first-order chi connectivity index (χ1) is 10.7. The maximum Gasteiger partial charge on any atom is 0.241 e. The third-order valence-electron chi connectivity index (χ3n) is 3.19. The van der Waals surface area contributed by atoms with E-state index in [0.29, 0.717) is 6.54 Å². The Morgan fingerprint density at radius 1 is 1.23 bits per heavy atom. The van der Waals surface area contributed by atoms with Crippen LogP contribution in [0.4, 0.5) is 0 Å². The first-order valence-corrected chi connectivity index (χ1v) is 6.88. The van der Waals surface area contributed by atoms with E-state index in [1.54, 1.807) is 46.4 Å². The number of pyridine rings is 1. The van der Waals surface area contributed by atoms with Gasteiger partial charge in [-0.1, -0.05) is 0 Å². The second kappa shape index (κ2) is 6.21. The highest BCUT2D eigenvalue weighted by Crippen LogP contribution is 2.18. The molecular weight excluding hydrogens is 280 g/mol. The van der Waals surface area contributed by atoms with Gasteiger partial charge in [0.05, 0.1) is 6.20 Å². The maximum atomic E-state index is 11.8. The number of nitrogens with zero attached hydrogens (tertiary/aromatic N) is 5. The standard InChI is InChI=1S/C15H16N6O/c1-20-10-14(9-19-20)13-5-12(6-16-8-13)7-17-15(22)11-21-4-2-3-18-21/h2-6,8-10H,7,11H2,1H3,(H,17,22). The summed E-state index contributed by atoms with van der Waals surface area (Å²) in [5, 5.41) is 11.0. The molecule has 22 heavy (non-hydrogen) atoms. The summed E-state index contributed by atoms with van der Waals surface area (Å²) in [6.45, 7) is 0.643. The van der Waals surface area contributed by atoms with Crippen LogP contribution < -0.4 is 5.32 Å². The van der Waals surface area contributed by atoms with Crippen LogP contribution in [-0.4, -0.2) is 30.5 Å². The molecular formula is C15H16N6O. The molecule has 0 saturated heterocycles. The molecule has 3 rings (SSSR count). The largest absolute Gasteiger partial charge is 0.350 e. The summed E-state index contributed by atoms with van der Waals surface area (Å²) >= 11 is 0. The highest BCUT2D eigenvalue weighted by molar-refractivity contribution is 5.75. The fourth-order valence-electron chi connectivity index (χ4n) is 2.11. The minimum absolute atomic E-state index is 0.0875. The lowest BCUT2D eigenvalue weighted by atomic mass is 10.1. The van der Waals surface area contributed by atoms with Crippen molar-refractivity contribution in [3.63, 3.8) is 0 Å². The van der Waals surface area contributed by atoms with Gasteiger partial charge in [-0.05, 0) is 17.7 Å². The molecule has 0 saturated carbocycles. The summed E-state index contributed by atoms with van der Waals surface area (Å²) in [6.07, 6.45) is 10.6. The van der Waals surface area contributed by atoms with E-state index in [0.717, 1.165) is 16.7 Å². The molecule has 3 heterocycles. The van der Waals surface area contributed by atoms with E-state index in [2.05, 4.69) is 20.5 Å². The molecule has 0 atom stereocenters. The summed E-state index contributed by atoms with van der Waals surface area (Å²) in [6, 6.07) is 3.78. The van der Waals surface area contributed by atoms with Gasteiger partial charge < -0.3 is 5.32 Å². The van der Waals surface area contributed by atoms with Crippen molar-refractivity contribution >= 4 is 5.91 Å². The monoisotopic (exact) mass is 296 g/mol. The molecule has 0 fully saturated rings. The second-order valence-electron chi connectivity index (χ2n) is 4.96. The average Bonchev–Trinajstić information content (AvgIpc) is 3.17. The molecule has 1 amide bonds. The molecule has 0 aliphatic carbocycles. The van der Waals surface area contributed by atoms with Gasteiger partial charge in [-0.3, -0.25) is 19.1 Å². The molecule has 3 aromatic heterocycles. The number of amides is 1. The highest BCUT2D eigenvalue weighted by atomic mass is 16.2. The van der Waals surface area contributed by atoms with Crippen LogP contribution in [0.3, 0.4) is 0 Å². The molecule has 7 nitrogen and oxygen atoms in total. The van der Waals surface area contributed by atoms with Crippen LogP contribution in [0.1, 0.15) is 5.56 Å². The molecule has 0 unspecified atom stereocenters. The Labute approximate surface area is 127 Å². The average molecular weight is 296 g/mol. The lowest BCUT2D eigenvalue weighted by molar-refractivity contribution is -0.122. The number of nitrogens with one attached hydrogen (secondary N) is 1. The van der Waals surface area contributed by atoms with Crippen molar-refractivity contribution < 1.29 is 4.79 Å². The Morgan fingerprint density at radius 2 is 2.14 bits per heavy atom. The van der Waals surface area contributed by atoms with Gasteiger partial charge in [-0.15, -0.1) is 0 Å². The van der Waals surface area contributed by atoms with Gasteiger partial charge in [0.1, 0.15) is 6.54 Å². The summed E-state index contributed by atoms with van der Waals surface area (Å²) in [5.74, 6) is -0.0875. The van der Waals surface area contributed by atoms with Gasteiger partial charge in [0.25, 0.3) is 0 Å². The zero-order valence-electron chi connectivity index (χ0n) is 12.2. The van der Waals surface area contributed by atoms with E-state index >= 15 is 0 Å². The molecule has 0 radical (unpaired) electrons. The Kier molecular flexibility index (Phi) is 3.95. The van der Waals surface area contributed by atoms with Gasteiger partial charge in [-0.25, -0.2) is 0 Å². The van der Waals surface area contributed by atoms with E-state index in [-0.39, 0.29) is 12.5 Å². The molecule has 0 aromatic carbocycles. The normalized spacial score (nSPS) is 10.6. The predicted molar refractivity (Wildman–Crippen MR) is 80.5 cm³/mol. The van der Waals surface area contributed by atoms with Gasteiger partial charge in [0.2, 0.25) is 5.91 Å². The number of aromatic nitrogens is 5. The van der Waals surface area contributed by atoms with Crippen molar-refractivity contribution in [3.05, 3.63) is 54.9 Å². The van der Waals surface area contributed by atoms with Crippen LogP contribution in [0.25, 0.3) is 11.1 Å². The van der Waals surface area contributed by atoms with Crippen LogP contribution >= 0.6 is 0 Å². The Balaban J connectivity index is 1.62. The minimum atomic E-state index is -0.0875. The molecule has 0 aliphatic heterocycles. The van der Waals surface area contributed by atoms with Gasteiger partial charge in [0, 0.05) is 55.7 Å². The minimum Gasteiger partial charge on any atom is -0.350 e. The Hall–Kier alpha value is -2.96. The maximum absolute atomic E-state index is 11.8. The topological polar surface area (TPSA) is 77.6 Å². The molecule has 7 heteroatoms. The van der Waals surface area contributed by atoms with E-state index in [4.69, 9.17) is 0 Å². The van der Waals surface area contributed by atoms with Crippen molar-refractivity contribution in [3.8, 4) is 11.1 Å². The zero-order chi connectivity index (χ0) is 15.4. The molecule has 3 aromatic rings. The van der Waals surface area contributed by atoms with Crippen molar-refractivity contribution in [1.29, 1.82) is 0 Å². The Morgan fingerprint density at radius 3 is 2.86 bits per heavy atom. The quantitative estimate of drug-likeness (QED) is 0.762. The third kappa shape index (κ3) is 3.38. The third-order valence-corrected chi connectivity index (χ3v) is 3.19. The van der Waals surface area contributed by atoms with Crippen LogP contribution in [0.5, 0.6) is 0 Å². The van der Waals surface area contributed by atoms with E-state index in [9.17, 15) is 4.79 Å². The van der Waals surface area contributed by atoms with Crippen molar-refractivity contribution in [2.24, 2.45) is 7.05 Å². The summed E-state index contributed by atoms with van der Waals surface area (Å²) in [7, 11) is 1.87. The fraction of sp³-hybridized carbons (Fsp3) is 0.200.